The summed E-state index contributed by atoms with van der Waals surface area (Å²) >= 11 is 0. The summed E-state index contributed by atoms with van der Waals surface area (Å²) < 4.78 is 0. The minimum atomic E-state index is -0.527. The lowest BCUT2D eigenvalue weighted by Crippen LogP contribution is -2.20. The molecule has 0 fully saturated rings. The zero-order valence-electron chi connectivity index (χ0n) is 10.8. The predicted molar refractivity (Wildman–Crippen MR) is 64.9 cm³/mol. The largest absolute Gasteiger partial charge is 0.396 e. The van der Waals surface area contributed by atoms with E-state index in [1.165, 1.54) is 6.42 Å². The summed E-state index contributed by atoms with van der Waals surface area (Å²) in [6.45, 7) is 8.58. The Hall–Kier alpha value is -0.0800. The average molecular weight is 216 g/mol. The van der Waals surface area contributed by atoms with Crippen molar-refractivity contribution in [1.82, 2.24) is 0 Å². The summed E-state index contributed by atoms with van der Waals surface area (Å²) in [4.78, 5) is 0. The van der Waals surface area contributed by atoms with Crippen molar-refractivity contribution in [2.45, 2.75) is 71.8 Å². The molecule has 0 aliphatic carbocycles. The predicted octanol–water partition coefficient (Wildman–Crippen LogP) is 3.12. The van der Waals surface area contributed by atoms with Gasteiger partial charge in [-0.15, -0.1) is 0 Å². The van der Waals surface area contributed by atoms with Crippen LogP contribution in [-0.2, 0) is 0 Å². The van der Waals surface area contributed by atoms with Crippen molar-refractivity contribution in [2.75, 3.05) is 6.61 Å². The summed E-state index contributed by atoms with van der Waals surface area (Å²) in [5.41, 5.74) is -0.179. The molecule has 92 valence electrons. The van der Waals surface area contributed by atoms with Gasteiger partial charge in [-0.25, -0.2) is 0 Å². The van der Waals surface area contributed by atoms with Gasteiger partial charge in [-0.3, -0.25) is 0 Å². The van der Waals surface area contributed by atoms with Crippen LogP contribution in [0.3, 0.4) is 0 Å². The molecule has 0 aliphatic heterocycles. The van der Waals surface area contributed by atoms with Gasteiger partial charge in [0.1, 0.15) is 0 Å². The van der Waals surface area contributed by atoms with Crippen LogP contribution in [0, 0.1) is 5.41 Å². The van der Waals surface area contributed by atoms with Gasteiger partial charge in [-0.05, 0) is 44.9 Å². The highest BCUT2D eigenvalue weighted by atomic mass is 16.3. The molecule has 0 atom stereocenters. The standard InChI is InChI=1S/C13H28O2/c1-12(2,8-5-6-11-14)9-7-10-13(3,4)15/h14-15H,5-11H2,1-4H3. The smallest absolute Gasteiger partial charge is 0.0591 e. The Labute approximate surface area is 94.7 Å². The molecule has 0 aromatic heterocycles. The zero-order chi connectivity index (χ0) is 11.9. The van der Waals surface area contributed by atoms with E-state index in [4.69, 9.17) is 5.11 Å². The Morgan fingerprint density at radius 3 is 1.80 bits per heavy atom. The van der Waals surface area contributed by atoms with Crippen molar-refractivity contribution >= 4 is 0 Å². The van der Waals surface area contributed by atoms with Crippen LogP contribution < -0.4 is 0 Å². The Kier molecular flexibility index (Phi) is 6.46. The van der Waals surface area contributed by atoms with Crippen molar-refractivity contribution in [2.24, 2.45) is 5.41 Å². The van der Waals surface area contributed by atoms with Crippen LogP contribution in [-0.4, -0.2) is 22.4 Å². The normalized spacial score (nSPS) is 13.2. The van der Waals surface area contributed by atoms with Gasteiger partial charge in [0.15, 0.2) is 0 Å². The van der Waals surface area contributed by atoms with E-state index in [0.717, 1.165) is 32.1 Å². The van der Waals surface area contributed by atoms with Crippen LogP contribution in [0.4, 0.5) is 0 Å². The lowest BCUT2D eigenvalue weighted by molar-refractivity contribution is 0.0643. The summed E-state index contributed by atoms with van der Waals surface area (Å²) in [6, 6.07) is 0. The number of aliphatic hydroxyl groups excluding tert-OH is 1. The van der Waals surface area contributed by atoms with E-state index in [1.807, 2.05) is 13.8 Å². The van der Waals surface area contributed by atoms with Crippen LogP contribution in [0.15, 0.2) is 0 Å². The molecule has 0 bridgehead atoms. The van der Waals surface area contributed by atoms with Crippen LogP contribution in [0.25, 0.3) is 0 Å². The number of hydrogen-bond donors (Lipinski definition) is 2. The Balaban J connectivity index is 3.64. The van der Waals surface area contributed by atoms with Crippen LogP contribution in [0.5, 0.6) is 0 Å². The van der Waals surface area contributed by atoms with Gasteiger partial charge >= 0.3 is 0 Å². The summed E-state index contributed by atoms with van der Waals surface area (Å²) in [5, 5.41) is 18.3. The van der Waals surface area contributed by atoms with E-state index in [9.17, 15) is 5.11 Å². The van der Waals surface area contributed by atoms with Crippen LogP contribution in [0.1, 0.15) is 66.2 Å². The third kappa shape index (κ3) is 10.2. The average Bonchev–Trinajstić information content (AvgIpc) is 2.01. The van der Waals surface area contributed by atoms with E-state index in [1.54, 1.807) is 0 Å². The molecule has 0 radical (unpaired) electrons. The molecule has 0 aromatic rings. The summed E-state index contributed by atoms with van der Waals surface area (Å²) in [5.74, 6) is 0. The van der Waals surface area contributed by atoms with E-state index < -0.39 is 5.60 Å². The topological polar surface area (TPSA) is 40.5 Å². The molecular weight excluding hydrogens is 188 g/mol. The fourth-order valence-electron chi connectivity index (χ4n) is 1.84. The highest BCUT2D eigenvalue weighted by molar-refractivity contribution is 4.72. The second kappa shape index (κ2) is 6.49. The molecule has 0 aromatic carbocycles. The summed E-state index contributed by atoms with van der Waals surface area (Å²) in [7, 11) is 0. The second-order valence-electron chi connectivity index (χ2n) is 6.01. The molecule has 15 heavy (non-hydrogen) atoms. The van der Waals surface area contributed by atoms with Gasteiger partial charge in [0.2, 0.25) is 0 Å². The molecule has 0 unspecified atom stereocenters. The third-order valence-electron chi connectivity index (χ3n) is 2.90. The van der Waals surface area contributed by atoms with E-state index in [-0.39, 0.29) is 0 Å². The van der Waals surface area contributed by atoms with Gasteiger partial charge < -0.3 is 10.2 Å². The van der Waals surface area contributed by atoms with Gasteiger partial charge in [0.25, 0.3) is 0 Å². The second-order valence-corrected chi connectivity index (χ2v) is 6.01. The zero-order valence-corrected chi connectivity index (χ0v) is 10.8. The molecule has 0 aliphatic rings. The molecule has 0 heterocycles. The summed E-state index contributed by atoms with van der Waals surface area (Å²) in [6.07, 6.45) is 6.29. The quantitative estimate of drug-likeness (QED) is 0.612. The van der Waals surface area contributed by atoms with Crippen LogP contribution in [0.2, 0.25) is 0 Å². The van der Waals surface area contributed by atoms with Gasteiger partial charge in [0, 0.05) is 6.61 Å². The molecule has 2 nitrogen and oxygen atoms in total. The van der Waals surface area contributed by atoms with E-state index in [0.29, 0.717) is 12.0 Å². The minimum Gasteiger partial charge on any atom is -0.396 e. The molecule has 0 spiro atoms. The van der Waals surface area contributed by atoms with E-state index in [2.05, 4.69) is 13.8 Å². The third-order valence-corrected chi connectivity index (χ3v) is 2.90. The van der Waals surface area contributed by atoms with Crippen molar-refractivity contribution in [3.8, 4) is 0 Å². The molecule has 0 rings (SSSR count). The Morgan fingerprint density at radius 2 is 1.33 bits per heavy atom. The molecule has 0 amide bonds. The van der Waals surface area contributed by atoms with Crippen molar-refractivity contribution < 1.29 is 10.2 Å². The maximum atomic E-state index is 9.60. The van der Waals surface area contributed by atoms with Crippen molar-refractivity contribution in [1.29, 1.82) is 0 Å². The number of unbranched alkanes of at least 4 members (excludes halogenated alkanes) is 1. The Bertz CT molecular complexity index is 156. The van der Waals surface area contributed by atoms with Gasteiger partial charge in [-0.2, -0.15) is 0 Å². The number of aliphatic hydroxyl groups is 2. The maximum absolute atomic E-state index is 9.60. The van der Waals surface area contributed by atoms with E-state index >= 15 is 0 Å². The lowest BCUT2D eigenvalue weighted by atomic mass is 9.81. The van der Waals surface area contributed by atoms with Crippen LogP contribution >= 0.6 is 0 Å². The highest BCUT2D eigenvalue weighted by Gasteiger charge is 2.19. The molecule has 2 heteroatoms. The molecular formula is C13H28O2. The minimum absolute atomic E-state index is 0.305. The number of rotatable bonds is 8. The molecule has 0 saturated heterocycles. The molecule has 0 saturated carbocycles. The lowest BCUT2D eigenvalue weighted by Gasteiger charge is -2.26. The van der Waals surface area contributed by atoms with Crippen molar-refractivity contribution in [3.05, 3.63) is 0 Å². The fourth-order valence-corrected chi connectivity index (χ4v) is 1.84. The fraction of sp³-hybridized carbons (Fsp3) is 1.00. The first-order chi connectivity index (χ1) is 6.77. The first-order valence-corrected chi connectivity index (χ1v) is 6.10. The first kappa shape index (κ1) is 14.9. The monoisotopic (exact) mass is 216 g/mol. The molecule has 2 N–H and O–H groups in total. The van der Waals surface area contributed by atoms with Crippen molar-refractivity contribution in [3.63, 3.8) is 0 Å². The highest BCUT2D eigenvalue weighted by Crippen LogP contribution is 2.30. The number of hydrogen-bond acceptors (Lipinski definition) is 2. The van der Waals surface area contributed by atoms with Gasteiger partial charge in [-0.1, -0.05) is 26.7 Å². The first-order valence-electron chi connectivity index (χ1n) is 6.10. The maximum Gasteiger partial charge on any atom is 0.0591 e. The van der Waals surface area contributed by atoms with Gasteiger partial charge in [0.05, 0.1) is 5.60 Å². The Morgan fingerprint density at radius 1 is 0.800 bits per heavy atom. The SMILES string of the molecule is CC(C)(O)CCCC(C)(C)CCCCO.